The average molecular weight is 285 g/mol. The number of nitrogen functional groups attached to an aromatic ring is 1. The number of nitrogens with two attached hydrogens (primary N) is 1. The molecule has 98 valence electrons. The van der Waals surface area contributed by atoms with E-state index in [9.17, 15) is 5.26 Å². The number of anilines is 1. The van der Waals surface area contributed by atoms with Crippen molar-refractivity contribution >= 4 is 17.4 Å². The second kappa shape index (κ2) is 5.48. The molecule has 0 saturated heterocycles. The summed E-state index contributed by atoms with van der Waals surface area (Å²) >= 11 is 6.05. The van der Waals surface area contributed by atoms with Crippen LogP contribution in [0.1, 0.15) is 11.1 Å². The molecule has 0 saturated carbocycles. The number of ether oxygens (including phenoxy) is 1. The van der Waals surface area contributed by atoms with Crippen LogP contribution in [0.25, 0.3) is 11.3 Å². The van der Waals surface area contributed by atoms with Gasteiger partial charge in [-0.25, -0.2) is 4.98 Å². The first-order chi connectivity index (χ1) is 9.62. The van der Waals surface area contributed by atoms with Crippen molar-refractivity contribution in [3.05, 3.63) is 40.4 Å². The average Bonchev–Trinajstić information content (AvgIpc) is 2.47. The van der Waals surface area contributed by atoms with E-state index in [2.05, 4.69) is 4.98 Å². The number of hydrogen-bond donors (Lipinski definition) is 1. The molecule has 0 amide bonds. The van der Waals surface area contributed by atoms with E-state index in [1.807, 2.05) is 12.1 Å². The van der Waals surface area contributed by atoms with Gasteiger partial charge in [0.25, 0.3) is 0 Å². The number of aromatic nitrogens is 1. The molecule has 1 aromatic heterocycles. The molecule has 5 nitrogen and oxygen atoms in total. The van der Waals surface area contributed by atoms with Crippen molar-refractivity contribution in [2.75, 3.05) is 12.8 Å². The molecule has 20 heavy (non-hydrogen) atoms. The third kappa shape index (κ3) is 2.23. The molecule has 0 unspecified atom stereocenters. The highest BCUT2D eigenvalue weighted by molar-refractivity contribution is 6.33. The highest BCUT2D eigenvalue weighted by Gasteiger charge is 2.18. The van der Waals surface area contributed by atoms with Crippen LogP contribution in [-0.2, 0) is 0 Å². The maximum atomic E-state index is 9.24. The molecule has 0 radical (unpaired) electrons. The van der Waals surface area contributed by atoms with Crippen LogP contribution < -0.4 is 10.5 Å². The Balaban J connectivity index is 2.75. The van der Waals surface area contributed by atoms with Crippen LogP contribution in [0.4, 0.5) is 5.82 Å². The van der Waals surface area contributed by atoms with Crippen molar-refractivity contribution in [1.29, 1.82) is 10.5 Å². The zero-order valence-electron chi connectivity index (χ0n) is 10.5. The van der Waals surface area contributed by atoms with Crippen LogP contribution in [0.5, 0.6) is 5.75 Å². The van der Waals surface area contributed by atoms with Crippen LogP contribution in [0, 0.1) is 22.7 Å². The summed E-state index contributed by atoms with van der Waals surface area (Å²) in [5.41, 5.74) is 6.80. The summed E-state index contributed by atoms with van der Waals surface area (Å²) in [5.74, 6) is 0.613. The quantitative estimate of drug-likeness (QED) is 0.914. The lowest BCUT2D eigenvalue weighted by Gasteiger charge is -2.09. The van der Waals surface area contributed by atoms with Gasteiger partial charge >= 0.3 is 0 Å². The molecule has 1 aromatic carbocycles. The molecular formula is C14H9ClN4O. The predicted molar refractivity (Wildman–Crippen MR) is 75.1 cm³/mol. The minimum atomic E-state index is -0.00526. The summed E-state index contributed by atoms with van der Waals surface area (Å²) in [6.07, 6.45) is 0. The Hall–Kier alpha value is -2.76. The summed E-state index contributed by atoms with van der Waals surface area (Å²) in [6, 6.07) is 10.8. The van der Waals surface area contributed by atoms with Gasteiger partial charge in [-0.3, -0.25) is 0 Å². The summed E-state index contributed by atoms with van der Waals surface area (Å²) in [5, 5.41) is 18.2. The van der Waals surface area contributed by atoms with E-state index in [1.165, 1.54) is 7.11 Å². The van der Waals surface area contributed by atoms with E-state index < -0.39 is 0 Å². The highest BCUT2D eigenvalue weighted by atomic mass is 35.5. The lowest BCUT2D eigenvalue weighted by Crippen LogP contribution is -2.01. The Bertz CT molecular complexity index is 759. The third-order valence-electron chi connectivity index (χ3n) is 2.73. The van der Waals surface area contributed by atoms with Gasteiger partial charge in [-0.15, -0.1) is 0 Å². The monoisotopic (exact) mass is 284 g/mol. The fourth-order valence-corrected chi connectivity index (χ4v) is 2.03. The van der Waals surface area contributed by atoms with Crippen molar-refractivity contribution in [3.8, 4) is 29.1 Å². The Morgan fingerprint density at radius 3 is 2.55 bits per heavy atom. The zero-order valence-corrected chi connectivity index (χ0v) is 11.3. The SMILES string of the molecule is COc1cccc(-c2nc(N)c(C#N)c(Cl)c2C#N)c1. The van der Waals surface area contributed by atoms with Crippen LogP contribution in [0.2, 0.25) is 5.02 Å². The first kappa shape index (κ1) is 13.7. The summed E-state index contributed by atoms with van der Waals surface area (Å²) in [4.78, 5) is 4.11. The molecule has 0 aliphatic heterocycles. The van der Waals surface area contributed by atoms with Gasteiger partial charge in [-0.1, -0.05) is 23.7 Å². The number of hydrogen-bond acceptors (Lipinski definition) is 5. The fraction of sp³-hybridized carbons (Fsp3) is 0.0714. The van der Waals surface area contributed by atoms with E-state index in [4.69, 9.17) is 27.3 Å². The van der Waals surface area contributed by atoms with Crippen molar-refractivity contribution in [1.82, 2.24) is 4.98 Å². The normalized spacial score (nSPS) is 9.60. The van der Waals surface area contributed by atoms with Gasteiger partial charge in [0.1, 0.15) is 29.3 Å². The predicted octanol–water partition coefficient (Wildman–Crippen LogP) is 2.74. The Morgan fingerprint density at radius 2 is 1.95 bits per heavy atom. The minimum Gasteiger partial charge on any atom is -0.497 e. The molecule has 2 aromatic rings. The molecule has 0 atom stereocenters. The van der Waals surface area contributed by atoms with E-state index in [0.29, 0.717) is 17.0 Å². The van der Waals surface area contributed by atoms with Crippen molar-refractivity contribution in [2.24, 2.45) is 0 Å². The molecule has 1 heterocycles. The Morgan fingerprint density at radius 1 is 1.25 bits per heavy atom. The number of methoxy groups -OCH3 is 1. The maximum absolute atomic E-state index is 9.24. The fourth-order valence-electron chi connectivity index (χ4n) is 1.76. The number of halogens is 1. The minimum absolute atomic E-state index is 0.00526. The first-order valence-corrected chi connectivity index (χ1v) is 5.93. The summed E-state index contributed by atoms with van der Waals surface area (Å²) < 4.78 is 5.13. The van der Waals surface area contributed by atoms with Gasteiger partial charge in [0.05, 0.1) is 23.4 Å². The van der Waals surface area contributed by atoms with Crippen LogP contribution in [0.15, 0.2) is 24.3 Å². The largest absolute Gasteiger partial charge is 0.497 e. The molecule has 0 fully saturated rings. The summed E-state index contributed by atoms with van der Waals surface area (Å²) in [6.45, 7) is 0. The highest BCUT2D eigenvalue weighted by Crippen LogP contribution is 2.33. The molecular weight excluding hydrogens is 276 g/mol. The lowest BCUT2D eigenvalue weighted by atomic mass is 10.0. The second-order valence-electron chi connectivity index (χ2n) is 3.87. The van der Waals surface area contributed by atoms with Gasteiger partial charge in [-0.2, -0.15) is 10.5 Å². The number of rotatable bonds is 2. The molecule has 2 N–H and O–H groups in total. The Labute approximate surface area is 120 Å². The standard InChI is InChI=1S/C14H9ClN4O/c1-20-9-4-2-3-8(5-9)13-10(6-16)12(15)11(7-17)14(18)19-13/h2-5H,1H3,(H2,18,19). The first-order valence-electron chi connectivity index (χ1n) is 5.56. The van der Waals surface area contributed by atoms with Gasteiger partial charge in [0.2, 0.25) is 0 Å². The van der Waals surface area contributed by atoms with Crippen LogP contribution in [-0.4, -0.2) is 12.1 Å². The molecule has 6 heteroatoms. The van der Waals surface area contributed by atoms with Gasteiger partial charge < -0.3 is 10.5 Å². The molecule has 2 rings (SSSR count). The topological polar surface area (TPSA) is 95.7 Å². The molecule has 0 aliphatic carbocycles. The number of nitrogens with zero attached hydrogens (tertiary/aromatic N) is 3. The second-order valence-corrected chi connectivity index (χ2v) is 4.24. The van der Waals surface area contributed by atoms with Crippen molar-refractivity contribution in [3.63, 3.8) is 0 Å². The van der Waals surface area contributed by atoms with Gasteiger partial charge in [-0.05, 0) is 12.1 Å². The van der Waals surface area contributed by atoms with E-state index in [-0.39, 0.29) is 22.0 Å². The van der Waals surface area contributed by atoms with Crippen molar-refractivity contribution in [2.45, 2.75) is 0 Å². The molecule has 0 bridgehead atoms. The van der Waals surface area contributed by atoms with E-state index in [0.717, 1.165) is 0 Å². The Kier molecular flexibility index (Phi) is 3.74. The van der Waals surface area contributed by atoms with Gasteiger partial charge in [0.15, 0.2) is 0 Å². The number of pyridine rings is 1. The van der Waals surface area contributed by atoms with Crippen LogP contribution in [0.3, 0.4) is 0 Å². The van der Waals surface area contributed by atoms with Crippen molar-refractivity contribution < 1.29 is 4.74 Å². The van der Waals surface area contributed by atoms with Gasteiger partial charge in [0, 0.05) is 5.56 Å². The number of benzene rings is 1. The zero-order chi connectivity index (χ0) is 14.7. The smallest absolute Gasteiger partial charge is 0.143 e. The molecule has 0 aliphatic rings. The van der Waals surface area contributed by atoms with E-state index >= 15 is 0 Å². The van der Waals surface area contributed by atoms with E-state index in [1.54, 1.807) is 24.3 Å². The van der Waals surface area contributed by atoms with Crippen LogP contribution >= 0.6 is 11.6 Å². The summed E-state index contributed by atoms with van der Waals surface area (Å²) in [7, 11) is 1.54. The maximum Gasteiger partial charge on any atom is 0.143 e. The third-order valence-corrected chi connectivity index (χ3v) is 3.11. The molecule has 0 spiro atoms. The number of nitriles is 2. The lowest BCUT2D eigenvalue weighted by molar-refractivity contribution is 0.415.